The Kier molecular flexibility index (Phi) is 13.6. The van der Waals surface area contributed by atoms with E-state index in [1.165, 1.54) is 77.0 Å². The van der Waals surface area contributed by atoms with Crippen molar-refractivity contribution in [2.24, 2.45) is 5.92 Å². The fourth-order valence-corrected chi connectivity index (χ4v) is 2.40. The van der Waals surface area contributed by atoms with Crippen molar-refractivity contribution in [3.8, 4) is 0 Å². The first kappa shape index (κ1) is 16.7. The molecule has 0 saturated carbocycles. The van der Waals surface area contributed by atoms with Gasteiger partial charge in [0.1, 0.15) is 0 Å². The van der Waals surface area contributed by atoms with Crippen LogP contribution in [0.1, 0.15) is 90.9 Å². The van der Waals surface area contributed by atoms with Gasteiger partial charge in [0.05, 0.1) is 0 Å². The first-order chi connectivity index (χ1) is 8.35. The molecule has 0 heteroatoms. The van der Waals surface area contributed by atoms with Crippen LogP contribution in [-0.4, -0.2) is 0 Å². The summed E-state index contributed by atoms with van der Waals surface area (Å²) in [5.74, 6) is 0.789. The van der Waals surface area contributed by atoms with E-state index < -0.39 is 0 Å². The van der Waals surface area contributed by atoms with Crippen LogP contribution >= 0.6 is 0 Å². The molecule has 17 heavy (non-hydrogen) atoms. The summed E-state index contributed by atoms with van der Waals surface area (Å²) in [6, 6.07) is 0. The van der Waals surface area contributed by atoms with Crippen molar-refractivity contribution in [2.45, 2.75) is 90.9 Å². The Morgan fingerprint density at radius 1 is 0.706 bits per heavy atom. The van der Waals surface area contributed by atoms with Crippen LogP contribution in [0.15, 0.2) is 12.7 Å². The molecular weight excluding hydrogens is 204 g/mol. The van der Waals surface area contributed by atoms with Gasteiger partial charge in [0, 0.05) is 0 Å². The second-order valence-electron chi connectivity index (χ2n) is 5.40. The first-order valence-corrected chi connectivity index (χ1v) is 7.97. The summed E-state index contributed by atoms with van der Waals surface area (Å²) in [4.78, 5) is 0. The van der Waals surface area contributed by atoms with E-state index in [1.54, 1.807) is 0 Å². The van der Waals surface area contributed by atoms with Gasteiger partial charge in [-0.1, -0.05) is 84.1 Å². The highest BCUT2D eigenvalue weighted by molar-refractivity contribution is 4.78. The van der Waals surface area contributed by atoms with Crippen molar-refractivity contribution in [3.05, 3.63) is 12.7 Å². The fourth-order valence-electron chi connectivity index (χ4n) is 2.40. The Labute approximate surface area is 110 Å². The normalized spacial score (nSPS) is 12.6. The van der Waals surface area contributed by atoms with Crippen LogP contribution in [0.5, 0.6) is 0 Å². The van der Waals surface area contributed by atoms with E-state index in [2.05, 4.69) is 26.5 Å². The van der Waals surface area contributed by atoms with Crippen LogP contribution in [0.4, 0.5) is 0 Å². The topological polar surface area (TPSA) is 0 Å². The van der Waals surface area contributed by atoms with Crippen molar-refractivity contribution >= 4 is 0 Å². The molecule has 1 unspecified atom stereocenters. The van der Waals surface area contributed by atoms with Crippen molar-refractivity contribution in [3.63, 3.8) is 0 Å². The highest BCUT2D eigenvalue weighted by Crippen LogP contribution is 2.19. The van der Waals surface area contributed by atoms with Crippen molar-refractivity contribution in [2.75, 3.05) is 0 Å². The summed E-state index contributed by atoms with van der Waals surface area (Å²) in [6.45, 7) is 8.54. The molecule has 1 atom stereocenters. The minimum atomic E-state index is 0.789. The highest BCUT2D eigenvalue weighted by Gasteiger charge is 2.03. The third kappa shape index (κ3) is 12.0. The number of allylic oxidation sites excluding steroid dienone is 1. The summed E-state index contributed by atoms with van der Waals surface area (Å²) in [5, 5.41) is 0. The van der Waals surface area contributed by atoms with Crippen LogP contribution in [-0.2, 0) is 0 Å². The van der Waals surface area contributed by atoms with E-state index in [4.69, 9.17) is 0 Å². The lowest BCUT2D eigenvalue weighted by molar-refractivity contribution is 0.472. The first-order valence-electron chi connectivity index (χ1n) is 7.97. The van der Waals surface area contributed by atoms with E-state index >= 15 is 0 Å². The molecule has 0 aliphatic rings. The van der Waals surface area contributed by atoms with Crippen LogP contribution < -0.4 is 0 Å². The zero-order chi connectivity index (χ0) is 12.8. The molecule has 0 saturated heterocycles. The summed E-state index contributed by atoms with van der Waals surface area (Å²) < 4.78 is 0. The molecule has 0 rings (SSSR count). The number of rotatable bonds is 13. The van der Waals surface area contributed by atoms with E-state index in [0.717, 1.165) is 5.92 Å². The molecular formula is C17H34. The monoisotopic (exact) mass is 238 g/mol. The number of hydrogen-bond donors (Lipinski definition) is 0. The van der Waals surface area contributed by atoms with Crippen LogP contribution in [0, 0.1) is 5.92 Å². The minimum absolute atomic E-state index is 0.789. The van der Waals surface area contributed by atoms with Gasteiger partial charge in [-0.15, -0.1) is 6.58 Å². The zero-order valence-corrected chi connectivity index (χ0v) is 12.3. The molecule has 0 aromatic carbocycles. The molecule has 0 aromatic heterocycles. The van der Waals surface area contributed by atoms with Crippen molar-refractivity contribution in [1.82, 2.24) is 0 Å². The lowest BCUT2D eigenvalue weighted by Crippen LogP contribution is -1.96. The zero-order valence-electron chi connectivity index (χ0n) is 12.3. The SMILES string of the molecule is C=CC(CCCCC)CCCCCCCCC. The molecule has 102 valence electrons. The van der Waals surface area contributed by atoms with Gasteiger partial charge in [-0.2, -0.15) is 0 Å². The van der Waals surface area contributed by atoms with Crippen LogP contribution in [0.3, 0.4) is 0 Å². The molecule has 0 fully saturated rings. The number of unbranched alkanes of at least 4 members (excludes halogenated alkanes) is 8. The van der Waals surface area contributed by atoms with Crippen LogP contribution in [0.2, 0.25) is 0 Å². The maximum Gasteiger partial charge on any atom is -0.0236 e. The third-order valence-corrected chi connectivity index (χ3v) is 3.69. The maximum absolute atomic E-state index is 3.98. The van der Waals surface area contributed by atoms with Crippen molar-refractivity contribution in [1.29, 1.82) is 0 Å². The van der Waals surface area contributed by atoms with Gasteiger partial charge in [0.15, 0.2) is 0 Å². The van der Waals surface area contributed by atoms with E-state index in [-0.39, 0.29) is 0 Å². The average molecular weight is 238 g/mol. The van der Waals surface area contributed by atoms with Gasteiger partial charge < -0.3 is 0 Å². The van der Waals surface area contributed by atoms with Gasteiger partial charge in [-0.3, -0.25) is 0 Å². The third-order valence-electron chi connectivity index (χ3n) is 3.69. The Hall–Kier alpha value is -0.260. The molecule has 0 bridgehead atoms. The van der Waals surface area contributed by atoms with Gasteiger partial charge in [0.25, 0.3) is 0 Å². The predicted molar refractivity (Wildman–Crippen MR) is 80.4 cm³/mol. The molecule has 0 nitrogen and oxygen atoms in total. The largest absolute Gasteiger partial charge is 0.103 e. The Morgan fingerprint density at radius 3 is 1.65 bits per heavy atom. The van der Waals surface area contributed by atoms with Crippen LogP contribution in [0.25, 0.3) is 0 Å². The van der Waals surface area contributed by atoms with Gasteiger partial charge in [0.2, 0.25) is 0 Å². The molecule has 0 heterocycles. The van der Waals surface area contributed by atoms with Gasteiger partial charge >= 0.3 is 0 Å². The van der Waals surface area contributed by atoms with E-state index in [1.807, 2.05) is 0 Å². The summed E-state index contributed by atoms with van der Waals surface area (Å²) >= 11 is 0. The highest BCUT2D eigenvalue weighted by atomic mass is 14.1. The predicted octanol–water partition coefficient (Wildman–Crippen LogP) is 6.51. The summed E-state index contributed by atoms with van der Waals surface area (Å²) in [6.07, 6.45) is 19.0. The van der Waals surface area contributed by atoms with E-state index in [0.29, 0.717) is 0 Å². The minimum Gasteiger partial charge on any atom is -0.103 e. The van der Waals surface area contributed by atoms with E-state index in [9.17, 15) is 0 Å². The molecule has 0 spiro atoms. The molecule has 0 radical (unpaired) electrons. The Balaban J connectivity index is 3.28. The lowest BCUT2D eigenvalue weighted by atomic mass is 9.95. The molecule has 0 aromatic rings. The Bertz CT molecular complexity index is 148. The summed E-state index contributed by atoms with van der Waals surface area (Å²) in [7, 11) is 0. The average Bonchev–Trinajstić information content (AvgIpc) is 2.35. The molecule has 0 aliphatic heterocycles. The maximum atomic E-state index is 3.98. The molecule has 0 N–H and O–H groups in total. The second kappa shape index (κ2) is 13.8. The van der Waals surface area contributed by atoms with Gasteiger partial charge in [-0.25, -0.2) is 0 Å². The summed E-state index contributed by atoms with van der Waals surface area (Å²) in [5.41, 5.74) is 0. The van der Waals surface area contributed by atoms with Gasteiger partial charge in [-0.05, 0) is 18.8 Å². The van der Waals surface area contributed by atoms with Crippen molar-refractivity contribution < 1.29 is 0 Å². The fraction of sp³-hybridized carbons (Fsp3) is 0.882. The number of hydrogen-bond acceptors (Lipinski definition) is 0. The quantitative estimate of drug-likeness (QED) is 0.253. The molecule has 0 amide bonds. The second-order valence-corrected chi connectivity index (χ2v) is 5.40. The standard InChI is InChI=1S/C17H34/c1-4-7-9-10-11-12-14-16-17(6-3)15-13-8-5-2/h6,17H,3-5,7-16H2,1-2H3. The molecule has 0 aliphatic carbocycles. The Morgan fingerprint density at radius 2 is 1.12 bits per heavy atom. The lowest BCUT2D eigenvalue weighted by Gasteiger charge is -2.11. The smallest absolute Gasteiger partial charge is 0.0236 e.